The average Bonchev–Trinajstić information content (AvgIpc) is 2.57. The Hall–Kier alpha value is -0.880. The van der Waals surface area contributed by atoms with E-state index in [0.717, 1.165) is 22.8 Å². The van der Waals surface area contributed by atoms with Crippen LogP contribution in [-0.4, -0.2) is 18.3 Å². The van der Waals surface area contributed by atoms with Crippen LogP contribution in [0.15, 0.2) is 48.5 Å². The van der Waals surface area contributed by atoms with Gasteiger partial charge in [0, 0.05) is 0 Å². The van der Waals surface area contributed by atoms with Crippen molar-refractivity contribution in [2.75, 3.05) is 13.2 Å². The van der Waals surface area contributed by atoms with Gasteiger partial charge in [-0.1, -0.05) is 26.0 Å². The van der Waals surface area contributed by atoms with E-state index in [0.29, 0.717) is 19.7 Å². The standard InChI is InChI=1S/C15H14IO4P.C2H6/c16-21-20-14-7-5-13(6-8-14)19-12-3-1-11(2-4-12)15(17)9-18-10-15;1-2/h1-8,17,21H,9-10H2;1-2H3. The summed E-state index contributed by atoms with van der Waals surface area (Å²) in [7, 11) is 0. The quantitative estimate of drug-likeness (QED) is 0.516. The van der Waals surface area contributed by atoms with Gasteiger partial charge in [0.05, 0.1) is 13.2 Å². The SMILES string of the molecule is CC.OC1(c2ccc(Oc3ccc(OPI)cc3)cc2)COC1. The van der Waals surface area contributed by atoms with Crippen LogP contribution in [-0.2, 0) is 10.3 Å². The Balaban J connectivity index is 0.000000924. The van der Waals surface area contributed by atoms with Crippen LogP contribution >= 0.6 is 28.5 Å². The van der Waals surface area contributed by atoms with Crippen molar-refractivity contribution in [2.24, 2.45) is 0 Å². The number of halogens is 1. The van der Waals surface area contributed by atoms with E-state index >= 15 is 0 Å². The number of hydrogen-bond donors (Lipinski definition) is 1. The lowest BCUT2D eigenvalue weighted by Gasteiger charge is -2.36. The van der Waals surface area contributed by atoms with Crippen LogP contribution in [0.1, 0.15) is 19.4 Å². The molecule has 1 N–H and O–H groups in total. The van der Waals surface area contributed by atoms with Gasteiger partial charge in [-0.15, -0.1) is 0 Å². The molecule has 23 heavy (non-hydrogen) atoms. The number of rotatable bonds is 5. The normalized spacial score (nSPS) is 15.5. The molecule has 1 atom stereocenters. The van der Waals surface area contributed by atoms with E-state index in [9.17, 15) is 5.11 Å². The molecule has 0 amide bonds. The molecule has 124 valence electrons. The first-order valence-corrected chi connectivity index (χ1v) is 11.4. The van der Waals surface area contributed by atoms with Crippen LogP contribution in [0.5, 0.6) is 17.2 Å². The zero-order valence-electron chi connectivity index (χ0n) is 13.1. The lowest BCUT2D eigenvalue weighted by atomic mass is 9.92. The van der Waals surface area contributed by atoms with E-state index in [-0.39, 0.29) is 0 Å². The fourth-order valence-corrected chi connectivity index (χ4v) is 3.04. The molecular formula is C17H20IO4P. The fraction of sp³-hybridized carbons (Fsp3) is 0.294. The molecular weight excluding hydrogens is 426 g/mol. The van der Waals surface area contributed by atoms with Crippen molar-refractivity contribution in [1.29, 1.82) is 0 Å². The highest BCUT2D eigenvalue weighted by Gasteiger charge is 2.37. The Morgan fingerprint density at radius 2 is 1.43 bits per heavy atom. The van der Waals surface area contributed by atoms with Gasteiger partial charge >= 0.3 is 0 Å². The third-order valence-corrected chi connectivity index (χ3v) is 4.26. The van der Waals surface area contributed by atoms with Crippen molar-refractivity contribution >= 4 is 28.5 Å². The molecule has 1 saturated heterocycles. The highest BCUT2D eigenvalue weighted by Crippen LogP contribution is 2.32. The van der Waals surface area contributed by atoms with Gasteiger partial charge < -0.3 is 19.1 Å². The molecule has 0 saturated carbocycles. The van der Waals surface area contributed by atoms with Crippen molar-refractivity contribution in [3.63, 3.8) is 0 Å². The van der Waals surface area contributed by atoms with Crippen molar-refractivity contribution in [3.05, 3.63) is 54.1 Å². The molecule has 1 fully saturated rings. The third kappa shape index (κ3) is 4.80. The second-order valence-electron chi connectivity index (χ2n) is 4.80. The topological polar surface area (TPSA) is 47.9 Å². The summed E-state index contributed by atoms with van der Waals surface area (Å²) >= 11 is 2.18. The molecule has 1 aliphatic rings. The van der Waals surface area contributed by atoms with E-state index < -0.39 is 5.60 Å². The predicted molar refractivity (Wildman–Crippen MR) is 102 cm³/mol. The van der Waals surface area contributed by atoms with Crippen molar-refractivity contribution in [3.8, 4) is 17.2 Å². The summed E-state index contributed by atoms with van der Waals surface area (Å²) in [6.45, 7) is 5.11. The van der Waals surface area contributed by atoms with Gasteiger partial charge in [-0.25, -0.2) is 0 Å². The predicted octanol–water partition coefficient (Wildman–Crippen LogP) is 5.05. The Bertz CT molecular complexity index is 597. The zero-order chi connectivity index (χ0) is 16.7. The Morgan fingerprint density at radius 1 is 0.957 bits per heavy atom. The van der Waals surface area contributed by atoms with Gasteiger partial charge in [-0.05, 0) is 64.0 Å². The number of ether oxygens (including phenoxy) is 2. The van der Waals surface area contributed by atoms with Crippen LogP contribution in [0.25, 0.3) is 0 Å². The van der Waals surface area contributed by atoms with Crippen molar-refractivity contribution < 1.29 is 19.1 Å². The molecule has 0 radical (unpaired) electrons. The van der Waals surface area contributed by atoms with Crippen LogP contribution in [0.4, 0.5) is 0 Å². The summed E-state index contributed by atoms with van der Waals surface area (Å²) in [5, 5.41) is 10.2. The Labute approximate surface area is 151 Å². The van der Waals surface area contributed by atoms with E-state index in [1.54, 1.807) is 0 Å². The summed E-state index contributed by atoms with van der Waals surface area (Å²) in [5.74, 6) is 2.31. The van der Waals surface area contributed by atoms with Gasteiger partial charge in [0.25, 0.3) is 0 Å². The minimum atomic E-state index is -0.836. The van der Waals surface area contributed by atoms with E-state index in [1.165, 1.54) is 0 Å². The summed E-state index contributed by atoms with van der Waals surface area (Å²) < 4.78 is 16.2. The van der Waals surface area contributed by atoms with Gasteiger partial charge in [0.15, 0.2) is 0 Å². The Kier molecular flexibility index (Phi) is 7.09. The maximum Gasteiger partial charge on any atom is 0.137 e. The highest BCUT2D eigenvalue weighted by molar-refractivity contribution is 14.2. The minimum Gasteiger partial charge on any atom is -0.467 e. The van der Waals surface area contributed by atoms with Crippen LogP contribution < -0.4 is 9.26 Å². The van der Waals surface area contributed by atoms with Gasteiger partial charge in [0.2, 0.25) is 0 Å². The summed E-state index contributed by atoms with van der Waals surface area (Å²) in [4.78, 5) is 0. The molecule has 3 rings (SSSR count). The summed E-state index contributed by atoms with van der Waals surface area (Å²) in [6.07, 6.45) is 0. The molecule has 2 aromatic rings. The monoisotopic (exact) mass is 446 g/mol. The molecule has 1 unspecified atom stereocenters. The summed E-state index contributed by atoms with van der Waals surface area (Å²) in [6, 6.07) is 14.9. The minimum absolute atomic E-state index is 0.353. The highest BCUT2D eigenvalue weighted by atomic mass is 127. The zero-order valence-corrected chi connectivity index (χ0v) is 16.2. The molecule has 6 heteroatoms. The molecule has 2 aromatic carbocycles. The van der Waals surface area contributed by atoms with Gasteiger partial charge in [-0.3, -0.25) is 0 Å². The van der Waals surface area contributed by atoms with E-state index in [4.69, 9.17) is 14.0 Å². The molecule has 0 bridgehead atoms. The first kappa shape index (κ1) is 18.5. The fourth-order valence-electron chi connectivity index (χ4n) is 2.05. The molecule has 0 aliphatic carbocycles. The van der Waals surface area contributed by atoms with Crippen LogP contribution in [0.2, 0.25) is 0 Å². The van der Waals surface area contributed by atoms with Crippen LogP contribution in [0, 0.1) is 0 Å². The Morgan fingerprint density at radius 3 is 1.87 bits per heavy atom. The molecule has 1 aliphatic heterocycles. The molecule has 0 aromatic heterocycles. The van der Waals surface area contributed by atoms with Crippen molar-refractivity contribution in [1.82, 2.24) is 0 Å². The second kappa shape index (κ2) is 8.83. The second-order valence-corrected chi connectivity index (χ2v) is 6.48. The third-order valence-electron chi connectivity index (χ3n) is 3.29. The van der Waals surface area contributed by atoms with Gasteiger partial charge in [-0.2, -0.15) is 0 Å². The average molecular weight is 446 g/mol. The number of benzene rings is 2. The number of hydrogen-bond acceptors (Lipinski definition) is 4. The first-order chi connectivity index (χ1) is 11.2. The molecule has 4 nitrogen and oxygen atoms in total. The maximum atomic E-state index is 10.2. The molecule has 0 spiro atoms. The summed E-state index contributed by atoms with van der Waals surface area (Å²) in [5.41, 5.74) is 0.0189. The maximum absolute atomic E-state index is 10.2. The van der Waals surface area contributed by atoms with E-state index in [1.807, 2.05) is 62.4 Å². The lowest BCUT2D eigenvalue weighted by Crippen LogP contribution is -2.46. The largest absolute Gasteiger partial charge is 0.467 e. The van der Waals surface area contributed by atoms with Crippen LogP contribution in [0.3, 0.4) is 0 Å². The van der Waals surface area contributed by atoms with E-state index in [2.05, 4.69) is 22.0 Å². The van der Waals surface area contributed by atoms with Gasteiger partial charge in [0.1, 0.15) is 29.3 Å². The lowest BCUT2D eigenvalue weighted by molar-refractivity contribution is -0.184. The first-order valence-electron chi connectivity index (χ1n) is 7.41. The van der Waals surface area contributed by atoms with Crippen molar-refractivity contribution in [2.45, 2.75) is 19.4 Å². The molecule has 1 heterocycles. The number of aliphatic hydroxyl groups is 1. The smallest absolute Gasteiger partial charge is 0.137 e.